The predicted molar refractivity (Wildman–Crippen MR) is 106 cm³/mol. The molecule has 1 aromatic heterocycles. The molecule has 0 N–H and O–H groups in total. The van der Waals surface area contributed by atoms with Crippen molar-refractivity contribution in [1.82, 2.24) is 4.90 Å². The van der Waals surface area contributed by atoms with Gasteiger partial charge in [0.1, 0.15) is 0 Å². The highest BCUT2D eigenvalue weighted by Gasteiger charge is 2.18. The van der Waals surface area contributed by atoms with Gasteiger partial charge in [0.25, 0.3) is 0 Å². The van der Waals surface area contributed by atoms with Gasteiger partial charge in [-0.3, -0.25) is 9.59 Å². The fourth-order valence-corrected chi connectivity index (χ4v) is 4.81. The number of ketones is 1. The molecule has 3 rings (SSSR count). The van der Waals surface area contributed by atoms with Gasteiger partial charge < -0.3 is 9.64 Å². The molecule has 0 bridgehead atoms. The van der Waals surface area contributed by atoms with Crippen LogP contribution >= 0.6 is 23.1 Å². The van der Waals surface area contributed by atoms with Crippen molar-refractivity contribution < 1.29 is 14.3 Å². The quantitative estimate of drug-likeness (QED) is 0.558. The van der Waals surface area contributed by atoms with Crippen LogP contribution in [0.4, 0.5) is 0 Å². The van der Waals surface area contributed by atoms with Gasteiger partial charge in [-0.25, -0.2) is 0 Å². The Kier molecular flexibility index (Phi) is 6.51. The van der Waals surface area contributed by atoms with Crippen molar-refractivity contribution in [3.8, 4) is 0 Å². The Morgan fingerprint density at radius 1 is 1.15 bits per heavy atom. The van der Waals surface area contributed by atoms with Crippen LogP contribution in [0.5, 0.6) is 0 Å². The molecule has 1 aliphatic rings. The van der Waals surface area contributed by atoms with E-state index in [1.54, 1.807) is 11.8 Å². The predicted octanol–water partition coefficient (Wildman–Crippen LogP) is 3.74. The molecular formula is C20H23NO3S2. The first-order valence-electron chi connectivity index (χ1n) is 8.70. The molecule has 1 aliphatic heterocycles. The van der Waals surface area contributed by atoms with Gasteiger partial charge in [-0.15, -0.1) is 23.1 Å². The molecule has 26 heavy (non-hydrogen) atoms. The van der Waals surface area contributed by atoms with E-state index < -0.39 is 0 Å². The van der Waals surface area contributed by atoms with Crippen LogP contribution in [-0.4, -0.2) is 48.6 Å². The zero-order chi connectivity index (χ0) is 18.5. The highest BCUT2D eigenvalue weighted by Crippen LogP contribution is 2.26. The van der Waals surface area contributed by atoms with E-state index in [9.17, 15) is 9.59 Å². The molecule has 138 valence electrons. The smallest absolute Gasteiger partial charge is 0.227 e. The maximum atomic E-state index is 12.5. The van der Waals surface area contributed by atoms with Crippen LogP contribution in [0.2, 0.25) is 0 Å². The van der Waals surface area contributed by atoms with Crippen molar-refractivity contribution in [3.05, 3.63) is 51.2 Å². The second-order valence-corrected chi connectivity index (χ2v) is 8.60. The number of Topliss-reactive ketones (excluding diaryl/α,β-unsaturated/α-hetero) is 1. The second-order valence-electron chi connectivity index (χ2n) is 6.42. The van der Waals surface area contributed by atoms with Gasteiger partial charge in [0.15, 0.2) is 5.78 Å². The van der Waals surface area contributed by atoms with Crippen molar-refractivity contribution in [2.75, 3.05) is 32.1 Å². The largest absolute Gasteiger partial charge is 0.378 e. The fraction of sp³-hybridized carbons (Fsp3) is 0.400. The molecule has 1 aromatic carbocycles. The van der Waals surface area contributed by atoms with E-state index in [0.717, 1.165) is 14.6 Å². The van der Waals surface area contributed by atoms with Crippen molar-refractivity contribution in [2.45, 2.75) is 25.2 Å². The van der Waals surface area contributed by atoms with Crippen LogP contribution in [-0.2, 0) is 16.0 Å². The lowest BCUT2D eigenvalue weighted by atomic mass is 10.2. The molecular weight excluding hydrogens is 366 g/mol. The summed E-state index contributed by atoms with van der Waals surface area (Å²) in [6.07, 6.45) is 0.363. The third kappa shape index (κ3) is 4.96. The Hall–Kier alpha value is -1.63. The lowest BCUT2D eigenvalue weighted by Gasteiger charge is -2.26. The van der Waals surface area contributed by atoms with Crippen LogP contribution < -0.4 is 0 Å². The molecule has 1 fully saturated rings. The van der Waals surface area contributed by atoms with Gasteiger partial charge in [0.2, 0.25) is 5.91 Å². The molecule has 0 spiro atoms. The first-order valence-corrected chi connectivity index (χ1v) is 10.5. The number of thioether (sulfide) groups is 1. The summed E-state index contributed by atoms with van der Waals surface area (Å²) in [5, 5.41) is 0. The van der Waals surface area contributed by atoms with Crippen molar-refractivity contribution >= 4 is 34.8 Å². The summed E-state index contributed by atoms with van der Waals surface area (Å²) in [5.41, 5.74) is 2.39. The average molecular weight is 390 g/mol. The van der Waals surface area contributed by atoms with E-state index in [0.29, 0.717) is 38.5 Å². The van der Waals surface area contributed by atoms with Gasteiger partial charge in [0.05, 0.1) is 30.3 Å². The van der Waals surface area contributed by atoms with E-state index in [-0.39, 0.29) is 11.7 Å². The second kappa shape index (κ2) is 8.84. The zero-order valence-electron chi connectivity index (χ0n) is 15.1. The molecule has 1 saturated heterocycles. The third-order valence-corrected chi connectivity index (χ3v) is 6.61. The van der Waals surface area contributed by atoms with Crippen molar-refractivity contribution in [1.29, 1.82) is 0 Å². The number of thiophene rings is 1. The van der Waals surface area contributed by atoms with Crippen LogP contribution in [0.3, 0.4) is 0 Å². The number of nitrogens with zero attached hydrogens (tertiary/aromatic N) is 1. The summed E-state index contributed by atoms with van der Waals surface area (Å²) in [5.74, 6) is 0.645. The molecule has 6 heteroatoms. The topological polar surface area (TPSA) is 46.6 Å². The summed E-state index contributed by atoms with van der Waals surface area (Å²) < 4.78 is 5.28. The first-order chi connectivity index (χ1) is 12.5. The lowest BCUT2D eigenvalue weighted by Crippen LogP contribution is -2.41. The highest BCUT2D eigenvalue weighted by atomic mass is 32.2. The van der Waals surface area contributed by atoms with E-state index in [1.165, 1.54) is 22.5 Å². The van der Waals surface area contributed by atoms with Gasteiger partial charge in [-0.2, -0.15) is 0 Å². The summed E-state index contributed by atoms with van der Waals surface area (Å²) in [7, 11) is 0. The summed E-state index contributed by atoms with van der Waals surface area (Å²) in [4.78, 5) is 29.5. The molecule has 2 aromatic rings. The zero-order valence-corrected chi connectivity index (χ0v) is 16.8. The van der Waals surface area contributed by atoms with Crippen LogP contribution in [0.1, 0.15) is 25.7 Å². The van der Waals surface area contributed by atoms with Crippen LogP contribution in [0.15, 0.2) is 35.2 Å². The van der Waals surface area contributed by atoms with E-state index in [2.05, 4.69) is 32.0 Å². The Balaban J connectivity index is 1.55. The van der Waals surface area contributed by atoms with Gasteiger partial charge in [-0.1, -0.05) is 17.7 Å². The third-order valence-electron chi connectivity index (χ3n) is 4.33. The molecule has 2 heterocycles. The first kappa shape index (κ1) is 19.1. The number of rotatable bonds is 6. The molecule has 0 atom stereocenters. The van der Waals surface area contributed by atoms with Crippen molar-refractivity contribution in [2.24, 2.45) is 0 Å². The highest BCUT2D eigenvalue weighted by molar-refractivity contribution is 8.00. The van der Waals surface area contributed by atoms with Crippen LogP contribution in [0.25, 0.3) is 0 Å². The minimum absolute atomic E-state index is 0.110. The molecule has 0 radical (unpaired) electrons. The number of carbonyl (C=O) groups is 2. The maximum absolute atomic E-state index is 12.5. The Morgan fingerprint density at radius 3 is 2.69 bits per heavy atom. The van der Waals surface area contributed by atoms with E-state index in [1.807, 2.05) is 17.0 Å². The normalized spacial score (nSPS) is 14.5. The monoisotopic (exact) mass is 389 g/mol. The summed E-state index contributed by atoms with van der Waals surface area (Å²) in [6.45, 7) is 6.64. The fourth-order valence-electron chi connectivity index (χ4n) is 2.77. The minimum atomic E-state index is 0.110. The number of carbonyl (C=O) groups excluding carboxylic acids is 2. The Morgan fingerprint density at radius 2 is 1.92 bits per heavy atom. The summed E-state index contributed by atoms with van der Waals surface area (Å²) >= 11 is 3.01. The number of amides is 1. The molecule has 0 unspecified atom stereocenters. The number of benzene rings is 1. The molecule has 1 amide bonds. The number of aryl methyl sites for hydroxylation is 2. The number of morpholine rings is 1. The molecule has 4 nitrogen and oxygen atoms in total. The number of ether oxygens (including phenoxy) is 1. The Labute approximate surface area is 162 Å². The van der Waals surface area contributed by atoms with Crippen molar-refractivity contribution in [3.63, 3.8) is 0 Å². The van der Waals surface area contributed by atoms with Gasteiger partial charge in [0, 0.05) is 22.9 Å². The minimum Gasteiger partial charge on any atom is -0.378 e. The maximum Gasteiger partial charge on any atom is 0.227 e. The number of hydrogen-bond donors (Lipinski definition) is 0. The number of hydrogen-bond acceptors (Lipinski definition) is 5. The molecule has 0 saturated carbocycles. The van der Waals surface area contributed by atoms with Gasteiger partial charge in [-0.05, 0) is 37.6 Å². The lowest BCUT2D eigenvalue weighted by molar-refractivity contribution is -0.134. The van der Waals surface area contributed by atoms with E-state index in [4.69, 9.17) is 4.74 Å². The van der Waals surface area contributed by atoms with Gasteiger partial charge >= 0.3 is 0 Å². The molecule has 0 aliphatic carbocycles. The SMILES string of the molecule is Cc1ccc(C)c(SCC(=O)c2ccc(CC(=O)N3CCOCC3)s2)c1. The van der Waals surface area contributed by atoms with Crippen LogP contribution in [0, 0.1) is 13.8 Å². The van der Waals surface area contributed by atoms with E-state index >= 15 is 0 Å². The standard InChI is InChI=1S/C20H23NO3S2/c1-14-3-4-15(2)19(11-14)25-13-17(22)18-6-5-16(26-18)12-20(23)21-7-9-24-10-8-21/h3-6,11H,7-10,12-13H2,1-2H3. The average Bonchev–Trinajstić information content (AvgIpc) is 3.11. The summed E-state index contributed by atoms with van der Waals surface area (Å²) in [6, 6.07) is 10.0. The Bertz CT molecular complexity index is 794.